The Labute approximate surface area is 232 Å². The summed E-state index contributed by atoms with van der Waals surface area (Å²) in [5, 5.41) is 3.20. The SMILES string of the molecule is Cc1c(C(=O)NC2CC(OC=O)C2)cc(-c2cc(C(C)(C)C)c3c(c2)C2(CCO3)CC2)n1CC1CCCCC1. The number of hydrogen-bond acceptors (Lipinski definition) is 4. The van der Waals surface area contributed by atoms with Crippen molar-refractivity contribution >= 4 is 12.4 Å². The van der Waals surface area contributed by atoms with Gasteiger partial charge >= 0.3 is 0 Å². The average Bonchev–Trinajstić information content (AvgIpc) is 3.58. The molecule has 1 N–H and O–H groups in total. The number of rotatable bonds is 7. The van der Waals surface area contributed by atoms with Gasteiger partial charge in [0.25, 0.3) is 12.4 Å². The molecule has 2 heterocycles. The topological polar surface area (TPSA) is 69.6 Å². The third-order valence-electron chi connectivity index (χ3n) is 9.90. The number of carbonyl (C=O) groups excluding carboxylic acids is 2. The summed E-state index contributed by atoms with van der Waals surface area (Å²) in [4.78, 5) is 24.2. The van der Waals surface area contributed by atoms with Crippen LogP contribution in [0.3, 0.4) is 0 Å². The Morgan fingerprint density at radius 2 is 1.87 bits per heavy atom. The lowest BCUT2D eigenvalue weighted by Crippen LogP contribution is -2.47. The van der Waals surface area contributed by atoms with Gasteiger partial charge in [-0.2, -0.15) is 0 Å². The van der Waals surface area contributed by atoms with Crippen LogP contribution >= 0.6 is 0 Å². The lowest BCUT2D eigenvalue weighted by atomic mass is 9.79. The van der Waals surface area contributed by atoms with Gasteiger partial charge in [0.2, 0.25) is 0 Å². The van der Waals surface area contributed by atoms with E-state index in [0.29, 0.717) is 25.2 Å². The maximum Gasteiger partial charge on any atom is 0.293 e. The maximum absolute atomic E-state index is 13.5. The Balaban J connectivity index is 1.40. The normalized spacial score (nSPS) is 23.9. The van der Waals surface area contributed by atoms with E-state index in [1.165, 1.54) is 61.6 Å². The molecule has 0 atom stereocenters. The number of aromatic nitrogens is 1. The van der Waals surface area contributed by atoms with Crippen molar-refractivity contribution < 1.29 is 19.1 Å². The van der Waals surface area contributed by atoms with Crippen LogP contribution in [0.15, 0.2) is 18.2 Å². The van der Waals surface area contributed by atoms with Crippen LogP contribution in [0, 0.1) is 12.8 Å². The van der Waals surface area contributed by atoms with Gasteiger partial charge in [-0.15, -0.1) is 0 Å². The van der Waals surface area contributed by atoms with E-state index in [1.54, 1.807) is 0 Å². The Morgan fingerprint density at radius 1 is 1.13 bits per heavy atom. The zero-order chi connectivity index (χ0) is 27.4. The van der Waals surface area contributed by atoms with Crippen molar-refractivity contribution in [1.82, 2.24) is 9.88 Å². The van der Waals surface area contributed by atoms with Crippen LogP contribution in [0.2, 0.25) is 0 Å². The number of nitrogens with one attached hydrogen (secondary N) is 1. The molecule has 3 aliphatic carbocycles. The van der Waals surface area contributed by atoms with Crippen molar-refractivity contribution in [3.05, 3.63) is 40.6 Å². The molecule has 3 saturated carbocycles. The fourth-order valence-electron chi connectivity index (χ4n) is 7.15. The van der Waals surface area contributed by atoms with Crippen molar-refractivity contribution in [2.45, 2.75) is 121 Å². The summed E-state index contributed by atoms with van der Waals surface area (Å²) in [6, 6.07) is 6.90. The van der Waals surface area contributed by atoms with Crippen LogP contribution in [0.25, 0.3) is 11.3 Å². The van der Waals surface area contributed by atoms with Crippen LogP contribution in [0.4, 0.5) is 0 Å². The zero-order valence-corrected chi connectivity index (χ0v) is 24.1. The van der Waals surface area contributed by atoms with E-state index in [2.05, 4.69) is 55.8 Å². The van der Waals surface area contributed by atoms with Crippen LogP contribution in [0.1, 0.15) is 112 Å². The predicted octanol–water partition coefficient (Wildman–Crippen LogP) is 6.59. The largest absolute Gasteiger partial charge is 0.493 e. The smallest absolute Gasteiger partial charge is 0.293 e. The Kier molecular flexibility index (Phi) is 6.79. The Bertz CT molecular complexity index is 1240. The van der Waals surface area contributed by atoms with E-state index >= 15 is 0 Å². The molecule has 2 aromatic rings. The molecule has 39 heavy (non-hydrogen) atoms. The van der Waals surface area contributed by atoms with Crippen LogP contribution in [-0.4, -0.2) is 35.7 Å². The first kappa shape index (κ1) is 26.5. The average molecular weight is 533 g/mol. The predicted molar refractivity (Wildman–Crippen MR) is 152 cm³/mol. The summed E-state index contributed by atoms with van der Waals surface area (Å²) in [6.07, 6.45) is 11.3. The van der Waals surface area contributed by atoms with Crippen molar-refractivity contribution in [2.24, 2.45) is 5.92 Å². The number of nitrogens with zero attached hydrogens (tertiary/aromatic N) is 1. The third kappa shape index (κ3) is 5.00. The van der Waals surface area contributed by atoms with Gasteiger partial charge in [0.15, 0.2) is 0 Å². The van der Waals surface area contributed by atoms with E-state index in [1.807, 2.05) is 0 Å². The molecule has 0 saturated heterocycles. The first-order chi connectivity index (χ1) is 18.7. The lowest BCUT2D eigenvalue weighted by molar-refractivity contribution is -0.138. The summed E-state index contributed by atoms with van der Waals surface area (Å²) >= 11 is 0. The van der Waals surface area contributed by atoms with E-state index in [0.717, 1.165) is 42.3 Å². The van der Waals surface area contributed by atoms with Crippen molar-refractivity contribution in [3.8, 4) is 17.0 Å². The zero-order valence-electron chi connectivity index (χ0n) is 24.1. The second-order valence-electron chi connectivity index (χ2n) is 13.7. The van der Waals surface area contributed by atoms with Crippen LogP contribution in [-0.2, 0) is 26.9 Å². The number of ether oxygens (including phenoxy) is 2. The molecule has 1 amide bonds. The van der Waals surface area contributed by atoms with Gasteiger partial charge in [-0.3, -0.25) is 9.59 Å². The Hall–Kier alpha value is -2.76. The molecule has 210 valence electrons. The summed E-state index contributed by atoms with van der Waals surface area (Å²) < 4.78 is 13.8. The molecule has 6 nitrogen and oxygen atoms in total. The quantitative estimate of drug-likeness (QED) is 0.409. The minimum absolute atomic E-state index is 0.0262. The van der Waals surface area contributed by atoms with Crippen LogP contribution < -0.4 is 10.1 Å². The molecular formula is C33H44N2O4. The molecule has 6 heteroatoms. The standard InChI is InChI=1S/C33H44N2O4/c1-21-26(31(37)34-24-16-25(17-24)39-20-36)18-29(35(21)19-22-8-6-5-7-9-22)23-14-27(32(2,3)4)30-28(15-23)33(10-11-33)12-13-38-30/h14-15,18,20,22,24-25H,5-13,16-17,19H2,1-4H3,(H,34,37). The van der Waals surface area contributed by atoms with Gasteiger partial charge in [-0.05, 0) is 74.1 Å². The molecule has 3 fully saturated rings. The molecule has 1 aromatic heterocycles. The molecule has 6 rings (SSSR count). The summed E-state index contributed by atoms with van der Waals surface area (Å²) in [5.74, 6) is 1.72. The number of fused-ring (bicyclic) bond motifs is 2. The molecule has 0 unspecified atom stereocenters. The number of carbonyl (C=O) groups is 2. The highest BCUT2D eigenvalue weighted by Crippen LogP contribution is 2.58. The van der Waals surface area contributed by atoms with Crippen molar-refractivity contribution in [1.29, 1.82) is 0 Å². The minimum atomic E-state index is -0.0800. The van der Waals surface area contributed by atoms with E-state index in [9.17, 15) is 9.59 Å². The van der Waals surface area contributed by atoms with Gasteiger partial charge in [0.1, 0.15) is 11.9 Å². The first-order valence-electron chi connectivity index (χ1n) is 15.1. The highest BCUT2D eigenvalue weighted by molar-refractivity contribution is 5.97. The molecule has 1 aliphatic heterocycles. The van der Waals surface area contributed by atoms with Crippen molar-refractivity contribution in [3.63, 3.8) is 0 Å². The molecule has 0 radical (unpaired) electrons. The molecule has 1 spiro atoms. The maximum atomic E-state index is 13.5. The van der Waals surface area contributed by atoms with E-state index in [-0.39, 0.29) is 28.9 Å². The highest BCUT2D eigenvalue weighted by atomic mass is 16.5. The third-order valence-corrected chi connectivity index (χ3v) is 9.90. The summed E-state index contributed by atoms with van der Waals surface area (Å²) in [6.45, 7) is 11.2. The Morgan fingerprint density at radius 3 is 2.54 bits per heavy atom. The number of benzene rings is 1. The van der Waals surface area contributed by atoms with Gasteiger partial charge < -0.3 is 19.4 Å². The van der Waals surface area contributed by atoms with Gasteiger partial charge in [-0.25, -0.2) is 0 Å². The molecular weight excluding hydrogens is 488 g/mol. The lowest BCUT2D eigenvalue weighted by Gasteiger charge is -2.34. The fourth-order valence-corrected chi connectivity index (χ4v) is 7.15. The summed E-state index contributed by atoms with van der Waals surface area (Å²) in [7, 11) is 0. The first-order valence-corrected chi connectivity index (χ1v) is 15.1. The molecule has 4 aliphatic rings. The minimum Gasteiger partial charge on any atom is -0.493 e. The van der Waals surface area contributed by atoms with Gasteiger partial charge in [0, 0.05) is 53.4 Å². The van der Waals surface area contributed by atoms with Crippen LogP contribution in [0.5, 0.6) is 5.75 Å². The monoisotopic (exact) mass is 532 g/mol. The highest BCUT2D eigenvalue weighted by Gasteiger charge is 2.49. The molecule has 1 aromatic carbocycles. The summed E-state index contributed by atoms with van der Waals surface area (Å²) in [5.41, 5.74) is 7.02. The van der Waals surface area contributed by atoms with Gasteiger partial charge in [-0.1, -0.05) is 40.0 Å². The number of amides is 1. The number of hydrogen-bond donors (Lipinski definition) is 1. The molecule has 0 bridgehead atoms. The fraction of sp³-hybridized carbons (Fsp3) is 0.636. The second-order valence-corrected chi connectivity index (χ2v) is 13.7. The van der Waals surface area contributed by atoms with E-state index < -0.39 is 0 Å². The van der Waals surface area contributed by atoms with Gasteiger partial charge in [0.05, 0.1) is 12.2 Å². The van der Waals surface area contributed by atoms with E-state index in [4.69, 9.17) is 9.47 Å². The van der Waals surface area contributed by atoms with Crippen molar-refractivity contribution in [2.75, 3.05) is 6.61 Å². The second kappa shape index (κ2) is 10.0.